The van der Waals surface area contributed by atoms with Crippen LogP contribution in [0.2, 0.25) is 0 Å². The Kier molecular flexibility index (Phi) is 4.14. The van der Waals surface area contributed by atoms with Crippen LogP contribution in [0.5, 0.6) is 0 Å². The fraction of sp³-hybridized carbons (Fsp3) is 0.238. The molecule has 1 aliphatic rings. The third kappa shape index (κ3) is 3.01. The van der Waals surface area contributed by atoms with Crippen LogP contribution in [0.1, 0.15) is 31.1 Å². The van der Waals surface area contributed by atoms with E-state index in [0.717, 1.165) is 47.7 Å². The maximum absolute atomic E-state index is 12.5. The molecule has 3 aromatic heterocycles. The molecular formula is C21H19N3O2S. The van der Waals surface area contributed by atoms with Gasteiger partial charge in [0.15, 0.2) is 0 Å². The highest BCUT2D eigenvalue weighted by Gasteiger charge is 2.20. The first-order chi connectivity index (χ1) is 13.3. The van der Waals surface area contributed by atoms with Gasteiger partial charge in [0, 0.05) is 17.6 Å². The van der Waals surface area contributed by atoms with Gasteiger partial charge in [0.25, 0.3) is 5.56 Å². The van der Waals surface area contributed by atoms with E-state index in [4.69, 9.17) is 4.74 Å². The minimum absolute atomic E-state index is 0.0394. The summed E-state index contributed by atoms with van der Waals surface area (Å²) >= 11 is 1.66. The predicted molar refractivity (Wildman–Crippen MR) is 107 cm³/mol. The lowest BCUT2D eigenvalue weighted by Gasteiger charge is -2.22. The van der Waals surface area contributed by atoms with Crippen molar-refractivity contribution >= 4 is 17.0 Å². The van der Waals surface area contributed by atoms with Gasteiger partial charge in [-0.05, 0) is 41.8 Å². The highest BCUT2D eigenvalue weighted by atomic mass is 32.1. The maximum Gasteiger partial charge on any atom is 0.274 e. The van der Waals surface area contributed by atoms with Crippen molar-refractivity contribution in [2.45, 2.75) is 25.4 Å². The van der Waals surface area contributed by atoms with Crippen LogP contribution in [-0.2, 0) is 4.74 Å². The molecule has 1 saturated heterocycles. The Labute approximate surface area is 160 Å². The van der Waals surface area contributed by atoms with Crippen LogP contribution in [0.3, 0.4) is 0 Å². The number of nitrogens with zero attached hydrogens (tertiary/aromatic N) is 2. The van der Waals surface area contributed by atoms with E-state index in [2.05, 4.69) is 33.7 Å². The molecule has 0 radical (unpaired) electrons. The second kappa shape index (κ2) is 6.79. The zero-order chi connectivity index (χ0) is 18.2. The molecule has 1 atom stereocenters. The van der Waals surface area contributed by atoms with Crippen molar-refractivity contribution < 1.29 is 4.74 Å². The Morgan fingerprint density at radius 2 is 2.04 bits per heavy atom. The number of thiophene rings is 1. The van der Waals surface area contributed by atoms with Crippen molar-refractivity contribution in [3.8, 4) is 21.6 Å². The van der Waals surface area contributed by atoms with Gasteiger partial charge in [0.2, 0.25) is 0 Å². The van der Waals surface area contributed by atoms with Crippen molar-refractivity contribution in [2.24, 2.45) is 0 Å². The first kappa shape index (κ1) is 16.5. The van der Waals surface area contributed by atoms with Crippen LogP contribution in [0, 0.1) is 0 Å². The van der Waals surface area contributed by atoms with Crippen LogP contribution in [0.25, 0.3) is 27.2 Å². The minimum Gasteiger partial charge on any atom is -0.372 e. The summed E-state index contributed by atoms with van der Waals surface area (Å²) in [4.78, 5) is 17.0. The van der Waals surface area contributed by atoms with E-state index in [1.54, 1.807) is 23.6 Å². The number of hydrogen-bond donors (Lipinski definition) is 1. The molecule has 1 aliphatic heterocycles. The molecule has 6 heteroatoms. The van der Waals surface area contributed by atoms with Gasteiger partial charge in [-0.1, -0.05) is 30.3 Å². The lowest BCUT2D eigenvalue weighted by Crippen LogP contribution is -2.20. The van der Waals surface area contributed by atoms with Crippen molar-refractivity contribution in [1.29, 1.82) is 0 Å². The first-order valence-electron chi connectivity index (χ1n) is 9.16. The van der Waals surface area contributed by atoms with Crippen LogP contribution in [0.4, 0.5) is 0 Å². The number of hydrogen-bond acceptors (Lipinski definition) is 4. The molecular weight excluding hydrogens is 358 g/mol. The maximum atomic E-state index is 12.5. The highest BCUT2D eigenvalue weighted by Crippen LogP contribution is 2.34. The van der Waals surface area contributed by atoms with Crippen molar-refractivity contribution in [2.75, 3.05) is 6.61 Å². The molecule has 1 aromatic carbocycles. The number of fused-ring (bicyclic) bond motifs is 1. The normalized spacial score (nSPS) is 17.4. The Morgan fingerprint density at radius 1 is 1.15 bits per heavy atom. The second-order valence-electron chi connectivity index (χ2n) is 6.80. The summed E-state index contributed by atoms with van der Waals surface area (Å²) in [6.07, 6.45) is 4.86. The zero-order valence-corrected chi connectivity index (χ0v) is 15.5. The third-order valence-electron chi connectivity index (χ3n) is 5.02. The van der Waals surface area contributed by atoms with Gasteiger partial charge >= 0.3 is 0 Å². The summed E-state index contributed by atoms with van der Waals surface area (Å²) in [5.74, 6) is 0. The van der Waals surface area contributed by atoms with Gasteiger partial charge in [0.05, 0.1) is 23.6 Å². The molecule has 0 saturated carbocycles. The smallest absolute Gasteiger partial charge is 0.274 e. The van der Waals surface area contributed by atoms with E-state index in [9.17, 15) is 4.79 Å². The number of benzene rings is 1. The molecule has 0 aliphatic carbocycles. The fourth-order valence-corrected chi connectivity index (χ4v) is 4.53. The van der Waals surface area contributed by atoms with E-state index < -0.39 is 0 Å². The van der Waals surface area contributed by atoms with Crippen LogP contribution in [0.15, 0.2) is 58.8 Å². The SMILES string of the molecule is O=c1cc(C2CCCCO2)[nH]c2c(-c3cc(-c4ccccc4)cs3)cnn12. The van der Waals surface area contributed by atoms with Crippen molar-refractivity contribution in [3.63, 3.8) is 0 Å². The number of aromatic nitrogens is 3. The van der Waals surface area contributed by atoms with Crippen molar-refractivity contribution in [3.05, 3.63) is 70.1 Å². The summed E-state index contributed by atoms with van der Waals surface area (Å²) in [5.41, 5.74) is 4.74. The number of rotatable bonds is 3. The third-order valence-corrected chi connectivity index (χ3v) is 5.98. The highest BCUT2D eigenvalue weighted by molar-refractivity contribution is 7.14. The van der Waals surface area contributed by atoms with E-state index >= 15 is 0 Å². The molecule has 1 N–H and O–H groups in total. The summed E-state index contributed by atoms with van der Waals surface area (Å²) < 4.78 is 7.29. The molecule has 0 bridgehead atoms. The molecule has 5 nitrogen and oxygen atoms in total. The monoisotopic (exact) mass is 377 g/mol. The number of aromatic amines is 1. The lowest BCUT2D eigenvalue weighted by atomic mass is 10.1. The van der Waals surface area contributed by atoms with Gasteiger partial charge in [-0.25, -0.2) is 0 Å². The Hall–Kier alpha value is -2.70. The second-order valence-corrected chi connectivity index (χ2v) is 7.71. The molecule has 0 amide bonds. The largest absolute Gasteiger partial charge is 0.372 e. The average Bonchev–Trinajstić information content (AvgIpc) is 3.36. The van der Waals surface area contributed by atoms with E-state index in [-0.39, 0.29) is 11.7 Å². The Balaban J connectivity index is 1.58. The molecule has 136 valence electrons. The Bertz CT molecular complexity index is 1140. The first-order valence-corrected chi connectivity index (χ1v) is 10.0. The molecule has 1 unspecified atom stereocenters. The van der Waals surface area contributed by atoms with Crippen LogP contribution >= 0.6 is 11.3 Å². The standard InChI is InChI=1S/C21H19N3O2S/c25-20-11-17(18-8-4-5-9-26-18)23-21-16(12-22-24(20)21)19-10-15(13-27-19)14-6-2-1-3-7-14/h1-3,6-7,10-13,18,23H,4-5,8-9H2. The topological polar surface area (TPSA) is 59.4 Å². The summed E-state index contributed by atoms with van der Waals surface area (Å²) in [7, 11) is 0. The van der Waals surface area contributed by atoms with Crippen LogP contribution in [-0.4, -0.2) is 21.2 Å². The molecule has 1 fully saturated rings. The van der Waals surface area contributed by atoms with Gasteiger partial charge in [-0.2, -0.15) is 9.61 Å². The fourth-order valence-electron chi connectivity index (χ4n) is 3.60. The van der Waals surface area contributed by atoms with Gasteiger partial charge < -0.3 is 9.72 Å². The van der Waals surface area contributed by atoms with Gasteiger partial charge in [-0.15, -0.1) is 11.3 Å². The lowest BCUT2D eigenvalue weighted by molar-refractivity contribution is 0.0123. The molecule has 0 spiro atoms. The van der Waals surface area contributed by atoms with Gasteiger partial charge in [0.1, 0.15) is 5.65 Å². The zero-order valence-electron chi connectivity index (χ0n) is 14.7. The predicted octanol–water partition coefficient (Wildman–Crippen LogP) is 4.66. The van der Waals surface area contributed by atoms with Crippen LogP contribution < -0.4 is 5.56 Å². The average molecular weight is 377 g/mol. The summed E-state index contributed by atoms with van der Waals surface area (Å²) in [6.45, 7) is 0.745. The molecule has 27 heavy (non-hydrogen) atoms. The van der Waals surface area contributed by atoms with E-state index in [1.165, 1.54) is 15.6 Å². The summed E-state index contributed by atoms with van der Waals surface area (Å²) in [6, 6.07) is 14.1. The summed E-state index contributed by atoms with van der Waals surface area (Å²) in [5, 5.41) is 6.44. The molecule has 4 aromatic rings. The molecule has 5 rings (SSSR count). The Morgan fingerprint density at radius 3 is 2.85 bits per heavy atom. The molecule has 4 heterocycles. The minimum atomic E-state index is -0.126. The quantitative estimate of drug-likeness (QED) is 0.565. The van der Waals surface area contributed by atoms with E-state index in [1.807, 2.05) is 18.2 Å². The number of nitrogens with one attached hydrogen (secondary N) is 1. The number of H-pyrrole nitrogens is 1. The van der Waals surface area contributed by atoms with Crippen molar-refractivity contribution in [1.82, 2.24) is 14.6 Å². The van der Waals surface area contributed by atoms with Gasteiger partial charge in [-0.3, -0.25) is 4.79 Å². The number of ether oxygens (including phenoxy) is 1. The van der Waals surface area contributed by atoms with E-state index in [0.29, 0.717) is 0 Å².